The molecule has 0 saturated heterocycles. The second-order valence-electron chi connectivity index (χ2n) is 6.39. The van der Waals surface area contributed by atoms with Gasteiger partial charge in [-0.2, -0.15) is 5.10 Å². The number of aromatic nitrogens is 5. The van der Waals surface area contributed by atoms with Crippen LogP contribution in [0.3, 0.4) is 0 Å². The van der Waals surface area contributed by atoms with Crippen LogP contribution in [0, 0.1) is 18.6 Å². The third-order valence-corrected chi connectivity index (χ3v) is 4.31. The fourth-order valence-electron chi connectivity index (χ4n) is 3.01. The molecule has 0 aliphatic carbocycles. The zero-order valence-electron chi connectivity index (χ0n) is 15.6. The lowest BCUT2D eigenvalue weighted by Crippen LogP contribution is -2.19. The van der Waals surface area contributed by atoms with Crippen molar-refractivity contribution in [2.75, 3.05) is 17.7 Å². The van der Waals surface area contributed by atoms with Gasteiger partial charge in [0.25, 0.3) is 0 Å². The number of amides is 1. The van der Waals surface area contributed by atoms with Gasteiger partial charge in [0.1, 0.15) is 6.54 Å². The van der Waals surface area contributed by atoms with Crippen molar-refractivity contribution >= 4 is 23.1 Å². The molecule has 0 aliphatic heterocycles. The number of carbonyl (C=O) groups excluding carboxylic acids is 1. The van der Waals surface area contributed by atoms with Gasteiger partial charge in [-0.1, -0.05) is 6.07 Å². The second-order valence-corrected chi connectivity index (χ2v) is 6.39. The quantitative estimate of drug-likeness (QED) is 0.541. The molecular weight excluding hydrogens is 380 g/mol. The van der Waals surface area contributed by atoms with Gasteiger partial charge in [0.15, 0.2) is 23.1 Å². The van der Waals surface area contributed by atoms with E-state index in [1.165, 1.54) is 16.8 Å². The third kappa shape index (κ3) is 3.51. The van der Waals surface area contributed by atoms with Crippen molar-refractivity contribution in [1.82, 2.24) is 24.1 Å². The van der Waals surface area contributed by atoms with Crippen LogP contribution in [0.5, 0.6) is 0 Å². The maximum Gasteiger partial charge on any atom is 0.246 e. The van der Waals surface area contributed by atoms with Crippen LogP contribution < -0.4 is 10.6 Å². The molecule has 0 unspecified atom stereocenters. The summed E-state index contributed by atoms with van der Waals surface area (Å²) in [6.07, 6.45) is 6.84. The zero-order valence-corrected chi connectivity index (χ0v) is 15.6. The average molecular weight is 397 g/mol. The Labute approximate surface area is 164 Å². The van der Waals surface area contributed by atoms with Gasteiger partial charge in [-0.15, -0.1) is 0 Å². The van der Waals surface area contributed by atoms with Crippen LogP contribution in [0.2, 0.25) is 0 Å². The van der Waals surface area contributed by atoms with E-state index < -0.39 is 17.5 Å². The number of nitrogens with zero attached hydrogens (tertiary/aromatic N) is 5. The molecule has 0 saturated carbocycles. The number of fused-ring (bicyclic) bond motifs is 1. The molecule has 1 aromatic carbocycles. The molecule has 1 amide bonds. The Bertz CT molecular complexity index is 1210. The zero-order chi connectivity index (χ0) is 20.5. The summed E-state index contributed by atoms with van der Waals surface area (Å²) in [5.74, 6) is -2.00. The highest BCUT2D eigenvalue weighted by molar-refractivity contribution is 5.90. The number of hydrogen-bond acceptors (Lipinski definition) is 5. The lowest BCUT2D eigenvalue weighted by atomic mass is 10.3. The minimum atomic E-state index is -1.10. The number of aryl methyl sites for hydroxylation is 1. The molecule has 29 heavy (non-hydrogen) atoms. The maximum absolute atomic E-state index is 13.7. The van der Waals surface area contributed by atoms with Crippen molar-refractivity contribution in [3.63, 3.8) is 0 Å². The summed E-state index contributed by atoms with van der Waals surface area (Å²) in [5, 5.41) is 9.54. The molecule has 0 atom stereocenters. The van der Waals surface area contributed by atoms with E-state index in [4.69, 9.17) is 0 Å². The molecule has 0 radical (unpaired) electrons. The van der Waals surface area contributed by atoms with Gasteiger partial charge in [-0.3, -0.25) is 13.9 Å². The molecule has 3 aromatic heterocycles. The Morgan fingerprint density at radius 2 is 2.03 bits per heavy atom. The summed E-state index contributed by atoms with van der Waals surface area (Å²) >= 11 is 0. The molecule has 148 valence electrons. The smallest absolute Gasteiger partial charge is 0.246 e. The Hall–Kier alpha value is -3.82. The molecular formula is C19H17F2N7O. The number of carbonyl (C=O) groups is 1. The minimum Gasteiger partial charge on any atom is -0.370 e. The van der Waals surface area contributed by atoms with Crippen molar-refractivity contribution in [1.29, 1.82) is 0 Å². The molecule has 2 N–H and O–H groups in total. The first-order chi connectivity index (χ1) is 14.0. The molecule has 0 fully saturated rings. The molecule has 3 heterocycles. The number of imidazole rings is 1. The molecule has 4 aromatic rings. The third-order valence-electron chi connectivity index (χ3n) is 4.31. The van der Waals surface area contributed by atoms with Gasteiger partial charge < -0.3 is 10.6 Å². The van der Waals surface area contributed by atoms with E-state index in [2.05, 4.69) is 25.7 Å². The van der Waals surface area contributed by atoms with Gasteiger partial charge in [-0.05, 0) is 19.1 Å². The summed E-state index contributed by atoms with van der Waals surface area (Å²) < 4.78 is 30.3. The molecule has 10 heteroatoms. The van der Waals surface area contributed by atoms with Crippen molar-refractivity contribution in [2.24, 2.45) is 0 Å². The van der Waals surface area contributed by atoms with Crippen molar-refractivity contribution in [3.05, 3.63) is 60.3 Å². The van der Waals surface area contributed by atoms with Gasteiger partial charge >= 0.3 is 0 Å². The maximum atomic E-state index is 13.7. The van der Waals surface area contributed by atoms with E-state index in [9.17, 15) is 13.6 Å². The first-order valence-electron chi connectivity index (χ1n) is 8.75. The highest BCUT2D eigenvalue weighted by atomic mass is 19.2. The van der Waals surface area contributed by atoms with E-state index >= 15 is 0 Å². The standard InChI is InChI=1S/C19H17F2N7O/c1-11-8-28-15(7-23-19(28)18(22-2)25-11)12-6-24-27(9-12)10-16(29)26-14-5-3-4-13(20)17(14)21/h3-9H,10H2,1-2H3,(H,22,25)(H,26,29). The Kier molecular flexibility index (Phi) is 4.67. The van der Waals surface area contributed by atoms with Crippen LogP contribution in [0.25, 0.3) is 16.9 Å². The largest absolute Gasteiger partial charge is 0.370 e. The van der Waals surface area contributed by atoms with Crippen LogP contribution in [-0.4, -0.2) is 37.1 Å². The minimum absolute atomic E-state index is 0.158. The SMILES string of the molecule is CNc1nc(C)cn2c(-c3cnn(CC(=O)Nc4cccc(F)c4F)c3)cnc12. The molecule has 4 rings (SSSR count). The lowest BCUT2D eigenvalue weighted by Gasteiger charge is -2.07. The number of halogens is 2. The number of rotatable bonds is 5. The van der Waals surface area contributed by atoms with E-state index in [0.717, 1.165) is 23.0 Å². The van der Waals surface area contributed by atoms with Gasteiger partial charge in [-0.25, -0.2) is 18.7 Å². The molecule has 0 aliphatic rings. The monoisotopic (exact) mass is 397 g/mol. The fourth-order valence-corrected chi connectivity index (χ4v) is 3.01. The van der Waals surface area contributed by atoms with Crippen molar-refractivity contribution < 1.29 is 13.6 Å². The fraction of sp³-hybridized carbons (Fsp3) is 0.158. The highest BCUT2D eigenvalue weighted by Gasteiger charge is 2.14. The van der Waals surface area contributed by atoms with Gasteiger partial charge in [0, 0.05) is 25.0 Å². The van der Waals surface area contributed by atoms with Crippen molar-refractivity contribution in [3.8, 4) is 11.3 Å². The van der Waals surface area contributed by atoms with Crippen LogP contribution in [0.15, 0.2) is 43.0 Å². The number of anilines is 2. The number of nitrogens with one attached hydrogen (secondary N) is 2. The van der Waals surface area contributed by atoms with E-state index in [0.29, 0.717) is 11.5 Å². The Balaban J connectivity index is 1.56. The van der Waals surface area contributed by atoms with E-state index in [1.54, 1.807) is 25.6 Å². The summed E-state index contributed by atoms with van der Waals surface area (Å²) in [7, 11) is 1.77. The topological polar surface area (TPSA) is 89.1 Å². The van der Waals surface area contributed by atoms with Crippen LogP contribution in [0.4, 0.5) is 20.3 Å². The highest BCUT2D eigenvalue weighted by Crippen LogP contribution is 2.24. The van der Waals surface area contributed by atoms with Crippen molar-refractivity contribution in [2.45, 2.75) is 13.5 Å². The van der Waals surface area contributed by atoms with E-state index in [-0.39, 0.29) is 12.2 Å². The Morgan fingerprint density at radius 1 is 1.21 bits per heavy atom. The molecule has 0 bridgehead atoms. The average Bonchev–Trinajstić information content (AvgIpc) is 3.31. The summed E-state index contributed by atoms with van der Waals surface area (Å²) in [5.41, 5.74) is 2.79. The predicted octanol–water partition coefficient (Wildman–Crippen LogP) is 2.86. The van der Waals surface area contributed by atoms with Gasteiger partial charge in [0.05, 0.1) is 29.5 Å². The molecule has 0 spiro atoms. The molecule has 8 nitrogen and oxygen atoms in total. The Morgan fingerprint density at radius 3 is 2.83 bits per heavy atom. The van der Waals surface area contributed by atoms with E-state index in [1.807, 2.05) is 17.5 Å². The second kappa shape index (κ2) is 7.30. The lowest BCUT2D eigenvalue weighted by molar-refractivity contribution is -0.116. The number of hydrogen-bond donors (Lipinski definition) is 2. The normalized spacial score (nSPS) is 11.0. The van der Waals surface area contributed by atoms with Crippen LogP contribution in [-0.2, 0) is 11.3 Å². The first kappa shape index (κ1) is 18.5. The van der Waals surface area contributed by atoms with Crippen LogP contribution in [0.1, 0.15) is 5.69 Å². The predicted molar refractivity (Wildman–Crippen MR) is 103 cm³/mol. The first-order valence-corrected chi connectivity index (χ1v) is 8.75. The number of benzene rings is 1. The summed E-state index contributed by atoms with van der Waals surface area (Å²) in [4.78, 5) is 21.0. The van der Waals surface area contributed by atoms with Crippen LogP contribution >= 0.6 is 0 Å². The summed E-state index contributed by atoms with van der Waals surface area (Å²) in [6, 6.07) is 3.59. The van der Waals surface area contributed by atoms with Gasteiger partial charge in [0.2, 0.25) is 5.91 Å². The summed E-state index contributed by atoms with van der Waals surface area (Å²) in [6.45, 7) is 1.72.